The fourth-order valence-corrected chi connectivity index (χ4v) is 10.2. The lowest BCUT2D eigenvalue weighted by Crippen LogP contribution is -2.63. The van der Waals surface area contributed by atoms with E-state index in [1.807, 2.05) is 36.1 Å². The number of hydrogen-bond acceptors (Lipinski definition) is 6. The van der Waals surface area contributed by atoms with E-state index in [1.54, 1.807) is 42.5 Å². The van der Waals surface area contributed by atoms with Crippen LogP contribution in [0.3, 0.4) is 0 Å². The van der Waals surface area contributed by atoms with Crippen LogP contribution >= 0.6 is 0 Å². The number of carbonyl (C=O) groups is 3. The van der Waals surface area contributed by atoms with Crippen LogP contribution in [0.2, 0.25) is 0 Å². The average molecular weight is 686 g/mol. The average Bonchev–Trinajstić information content (AvgIpc) is 3.79. The van der Waals surface area contributed by atoms with Gasteiger partial charge in [0, 0.05) is 42.1 Å². The molecule has 3 aliphatic carbocycles. The van der Waals surface area contributed by atoms with Crippen molar-refractivity contribution in [1.29, 1.82) is 5.26 Å². The number of aliphatic imine (C=N–C) groups is 1. The molecule has 0 spiro atoms. The Hall–Kier alpha value is -4.68. The van der Waals surface area contributed by atoms with Crippen LogP contribution < -0.4 is 10.4 Å². The van der Waals surface area contributed by atoms with Crippen LogP contribution in [0.25, 0.3) is 0 Å². The fraction of sp³-hybridized carbons (Fsp3) is 0.452. The second-order valence-corrected chi connectivity index (χ2v) is 16.1. The van der Waals surface area contributed by atoms with Gasteiger partial charge in [-0.2, -0.15) is 5.26 Å². The van der Waals surface area contributed by atoms with Gasteiger partial charge < -0.3 is 4.90 Å². The van der Waals surface area contributed by atoms with Crippen molar-refractivity contribution in [3.63, 3.8) is 0 Å². The summed E-state index contributed by atoms with van der Waals surface area (Å²) < 4.78 is 15.1. The van der Waals surface area contributed by atoms with Crippen molar-refractivity contribution in [1.82, 2.24) is 10.3 Å². The zero-order chi connectivity index (χ0) is 35.7. The number of benzodiazepines with no additional fused rings is 1. The van der Waals surface area contributed by atoms with Crippen molar-refractivity contribution in [2.45, 2.75) is 70.8 Å². The Kier molecular flexibility index (Phi) is 8.02. The van der Waals surface area contributed by atoms with Crippen LogP contribution in [0, 0.1) is 45.7 Å². The summed E-state index contributed by atoms with van der Waals surface area (Å²) in [5.41, 5.74) is 3.87. The van der Waals surface area contributed by atoms with Crippen LogP contribution in [0.5, 0.6) is 0 Å². The van der Waals surface area contributed by atoms with Crippen molar-refractivity contribution in [2.75, 3.05) is 24.6 Å². The summed E-state index contributed by atoms with van der Waals surface area (Å²) in [4.78, 5) is 50.4. The van der Waals surface area contributed by atoms with E-state index in [4.69, 9.17) is 0 Å². The molecule has 9 rings (SSSR count). The molecule has 0 radical (unpaired) electrons. The van der Waals surface area contributed by atoms with Gasteiger partial charge in [-0.15, -0.1) is 0 Å². The molecule has 262 valence electrons. The first-order valence-corrected chi connectivity index (χ1v) is 18.3. The van der Waals surface area contributed by atoms with Gasteiger partial charge in [0.2, 0.25) is 5.91 Å². The van der Waals surface area contributed by atoms with Crippen molar-refractivity contribution in [3.8, 4) is 6.07 Å². The predicted octanol–water partition coefficient (Wildman–Crippen LogP) is 6.37. The van der Waals surface area contributed by atoms with Gasteiger partial charge in [0.1, 0.15) is 12.4 Å². The molecule has 2 saturated heterocycles. The number of nitrogens with zero attached hydrogens (tertiary/aromatic N) is 4. The molecule has 3 aromatic carbocycles. The summed E-state index contributed by atoms with van der Waals surface area (Å²) in [6.07, 6.45) is 5.35. The third-order valence-corrected chi connectivity index (χ3v) is 13.3. The normalized spacial score (nSPS) is 30.8. The first-order chi connectivity index (χ1) is 24.5. The molecule has 9 heteroatoms. The molecule has 5 fully saturated rings. The smallest absolute Gasteiger partial charge is 0.263 e. The van der Waals surface area contributed by atoms with Crippen molar-refractivity contribution < 1.29 is 18.8 Å². The van der Waals surface area contributed by atoms with Crippen LogP contribution in [0.4, 0.5) is 10.1 Å². The zero-order valence-corrected chi connectivity index (χ0v) is 29.5. The van der Waals surface area contributed by atoms with Crippen LogP contribution in [0.1, 0.15) is 81.5 Å². The second-order valence-electron chi connectivity index (χ2n) is 16.1. The minimum Gasteiger partial charge on any atom is -0.342 e. The molecule has 3 aliphatic heterocycles. The zero-order valence-electron chi connectivity index (χ0n) is 29.5. The highest BCUT2D eigenvalue weighted by Crippen LogP contribution is 2.77. The molecule has 2 bridgehead atoms. The molecule has 2 amide bonds. The molecule has 3 saturated carbocycles. The third-order valence-electron chi connectivity index (χ3n) is 13.3. The molecule has 4 atom stereocenters. The molecule has 51 heavy (non-hydrogen) atoms. The summed E-state index contributed by atoms with van der Waals surface area (Å²) in [5.74, 6) is 0.210. The summed E-state index contributed by atoms with van der Waals surface area (Å²) in [6, 6.07) is 22.5. The number of amides is 2. The van der Waals surface area contributed by atoms with E-state index in [0.717, 1.165) is 13.1 Å². The lowest BCUT2D eigenvalue weighted by molar-refractivity contribution is -0.142. The maximum atomic E-state index is 15.5. The Balaban J connectivity index is 1.18. The number of carbonyl (C=O) groups excluding carboxylic acids is 3. The van der Waals surface area contributed by atoms with Gasteiger partial charge in [-0.3, -0.25) is 19.4 Å². The van der Waals surface area contributed by atoms with E-state index < -0.39 is 28.1 Å². The molecule has 6 aliphatic rings. The number of nitriles is 1. The fourth-order valence-electron chi connectivity index (χ4n) is 10.2. The number of ketones is 1. The largest absolute Gasteiger partial charge is 0.342 e. The van der Waals surface area contributed by atoms with Crippen LogP contribution in [0.15, 0.2) is 77.8 Å². The minimum absolute atomic E-state index is 0.0335. The lowest BCUT2D eigenvalue weighted by Gasteiger charge is -2.46. The highest BCUT2D eigenvalue weighted by Gasteiger charge is 2.80. The number of Topliss-reactive ketones (excluding diaryl/α,β-unsaturated/α-hetero) is 1. The Labute approximate surface area is 298 Å². The number of nitrogens with one attached hydrogen (secondary N) is 1. The number of rotatable bonds is 6. The number of fused-ring (bicyclic) bond motifs is 6. The molecule has 4 unspecified atom stereocenters. The van der Waals surface area contributed by atoms with E-state index >= 15 is 9.18 Å². The molecule has 0 aromatic heterocycles. The Morgan fingerprint density at radius 2 is 1.61 bits per heavy atom. The number of para-hydroxylation sites is 1. The Morgan fingerprint density at radius 1 is 0.941 bits per heavy atom. The van der Waals surface area contributed by atoms with Gasteiger partial charge >= 0.3 is 0 Å². The van der Waals surface area contributed by atoms with E-state index in [1.165, 1.54) is 36.8 Å². The molecule has 3 aromatic rings. The molecule has 3 heterocycles. The first kappa shape index (κ1) is 33.5. The Morgan fingerprint density at radius 3 is 2.29 bits per heavy atom. The van der Waals surface area contributed by atoms with Crippen molar-refractivity contribution >= 4 is 29.0 Å². The van der Waals surface area contributed by atoms with Gasteiger partial charge in [-0.1, -0.05) is 56.3 Å². The van der Waals surface area contributed by atoms with Gasteiger partial charge in [0.15, 0.2) is 5.78 Å². The van der Waals surface area contributed by atoms with E-state index in [9.17, 15) is 14.9 Å². The standard InChI is InChI=1S/C42H44FN5O3/c1-40(2)34-20-35(46-48-33-14-7-5-12-31(33)38(45-23-37(48)50)30-11-4-6-13-32(30)43)41(3,29-10-8-9-28(19-29)22-44)39(51)42(34,40)21-36(49)47-24-26-15-16-27(25-47)18-17-26/h4-14,19,26-27,34-35,46H,15-18,20-21,23-25H2,1-3H3. The first-order valence-electron chi connectivity index (χ1n) is 18.3. The summed E-state index contributed by atoms with van der Waals surface area (Å²) in [5, 5.41) is 11.4. The van der Waals surface area contributed by atoms with Crippen LogP contribution in [-0.2, 0) is 19.8 Å². The summed E-state index contributed by atoms with van der Waals surface area (Å²) >= 11 is 0. The van der Waals surface area contributed by atoms with Gasteiger partial charge in [0.05, 0.1) is 28.4 Å². The number of hydrogen-bond donors (Lipinski definition) is 1. The Bertz CT molecular complexity index is 2000. The second kappa shape index (κ2) is 12.2. The highest BCUT2D eigenvalue weighted by molar-refractivity contribution is 6.19. The van der Waals surface area contributed by atoms with Crippen molar-refractivity contribution in [3.05, 3.63) is 101 Å². The predicted molar refractivity (Wildman–Crippen MR) is 192 cm³/mol. The van der Waals surface area contributed by atoms with Gasteiger partial charge in [-0.05, 0) is 98.1 Å². The maximum absolute atomic E-state index is 15.5. The van der Waals surface area contributed by atoms with Crippen molar-refractivity contribution in [2.24, 2.45) is 33.6 Å². The molecule has 8 nitrogen and oxygen atoms in total. The topological polar surface area (TPSA) is 106 Å². The number of anilines is 1. The number of hydrazine groups is 1. The number of benzene rings is 3. The summed E-state index contributed by atoms with van der Waals surface area (Å²) in [7, 11) is 0. The van der Waals surface area contributed by atoms with Gasteiger partial charge in [-0.25, -0.2) is 14.8 Å². The van der Waals surface area contributed by atoms with Crippen LogP contribution in [-0.4, -0.2) is 53.9 Å². The molecule has 1 N–H and O–H groups in total. The SMILES string of the molecule is CC1(c2cccc(C#N)c2)C(=O)C2(CC(=O)N3CC4CCC(CC4)C3)C(CC1NN1C(=O)CN=C(c3ccccc3F)c3ccccc31)C2(C)C. The van der Waals surface area contributed by atoms with E-state index in [2.05, 4.69) is 30.3 Å². The van der Waals surface area contributed by atoms with E-state index in [0.29, 0.717) is 51.9 Å². The number of halogens is 1. The lowest BCUT2D eigenvalue weighted by atomic mass is 9.61. The third kappa shape index (κ3) is 5.17. The summed E-state index contributed by atoms with van der Waals surface area (Å²) in [6.45, 7) is 7.42. The van der Waals surface area contributed by atoms with Gasteiger partial charge in [0.25, 0.3) is 5.91 Å². The van der Waals surface area contributed by atoms with E-state index in [-0.39, 0.29) is 36.5 Å². The monoisotopic (exact) mass is 685 g/mol. The molecular formula is C42H44FN5O3. The minimum atomic E-state index is -1.20. The highest BCUT2D eigenvalue weighted by atomic mass is 19.1. The maximum Gasteiger partial charge on any atom is 0.263 e. The molecular weight excluding hydrogens is 641 g/mol. The quantitative estimate of drug-likeness (QED) is 0.325.